The van der Waals surface area contributed by atoms with E-state index in [2.05, 4.69) is 15.9 Å². The summed E-state index contributed by atoms with van der Waals surface area (Å²) in [5, 5.41) is 8.60. The van der Waals surface area contributed by atoms with E-state index in [0.717, 1.165) is 15.8 Å². The number of hydrogen-bond acceptors (Lipinski definition) is 3. The quantitative estimate of drug-likeness (QED) is 0.871. The van der Waals surface area contributed by atoms with E-state index >= 15 is 0 Å². The fraction of sp³-hybridized carbons (Fsp3) is 0.417. The normalized spacial score (nSPS) is 12.2. The topological polar surface area (TPSA) is 46.5 Å². The number of halogens is 1. The molecule has 0 aliphatic heterocycles. The maximum absolute atomic E-state index is 10.9. The summed E-state index contributed by atoms with van der Waals surface area (Å²) in [4.78, 5) is 10.9. The monoisotopic (exact) mass is 318 g/mol. The van der Waals surface area contributed by atoms with E-state index < -0.39 is 5.97 Å². The molecule has 1 atom stereocenters. The van der Waals surface area contributed by atoms with Crippen LogP contribution in [0.5, 0.6) is 5.75 Å². The van der Waals surface area contributed by atoms with Crippen LogP contribution in [-0.2, 0) is 10.5 Å². The molecule has 0 saturated carbocycles. The third kappa shape index (κ3) is 4.24. The lowest BCUT2D eigenvalue weighted by Gasteiger charge is -2.10. The zero-order chi connectivity index (χ0) is 12.8. The van der Waals surface area contributed by atoms with Crippen LogP contribution in [0.15, 0.2) is 22.7 Å². The first-order valence-corrected chi connectivity index (χ1v) is 7.09. The summed E-state index contributed by atoms with van der Waals surface area (Å²) in [5.74, 6) is 0.724. The molecule has 0 saturated heterocycles. The summed E-state index contributed by atoms with van der Waals surface area (Å²) < 4.78 is 6.03. The maximum Gasteiger partial charge on any atom is 0.316 e. The number of ether oxygens (including phenoxy) is 1. The van der Waals surface area contributed by atoms with Crippen LogP contribution >= 0.6 is 27.7 Å². The zero-order valence-corrected chi connectivity index (χ0v) is 12.2. The minimum atomic E-state index is -0.745. The number of aliphatic carboxylic acids is 1. The highest BCUT2D eigenvalue weighted by Crippen LogP contribution is 2.28. The summed E-state index contributed by atoms with van der Waals surface area (Å²) in [7, 11) is 1.62. The molecule has 0 aliphatic rings. The summed E-state index contributed by atoms with van der Waals surface area (Å²) >= 11 is 4.85. The molecule has 1 N–H and O–H groups in total. The van der Waals surface area contributed by atoms with Gasteiger partial charge in [0.05, 0.1) is 11.6 Å². The van der Waals surface area contributed by atoms with Crippen LogP contribution in [0.3, 0.4) is 0 Å². The number of carboxylic acids is 1. The zero-order valence-electron chi connectivity index (χ0n) is 9.77. The van der Waals surface area contributed by atoms with Crippen LogP contribution in [0.1, 0.15) is 18.9 Å². The molecule has 0 fully saturated rings. The smallest absolute Gasteiger partial charge is 0.316 e. The van der Waals surface area contributed by atoms with Gasteiger partial charge in [-0.15, -0.1) is 11.8 Å². The molecule has 0 spiro atoms. The molecule has 0 aliphatic carbocycles. The molecule has 0 amide bonds. The molecule has 0 bridgehead atoms. The standard InChI is InChI=1S/C12H15BrO3S/c1-3-11(12(14)15)17-7-8-4-5-10(16-2)9(13)6-8/h4-6,11H,3,7H2,1-2H3,(H,14,15). The lowest BCUT2D eigenvalue weighted by molar-refractivity contribution is -0.136. The Hall–Kier alpha value is -0.680. The molecule has 1 unspecified atom stereocenters. The molecule has 0 heterocycles. The Balaban J connectivity index is 2.63. The van der Waals surface area contributed by atoms with Gasteiger partial charge in [0.25, 0.3) is 0 Å². The second-order valence-electron chi connectivity index (χ2n) is 3.52. The molecular formula is C12H15BrO3S. The second-order valence-corrected chi connectivity index (χ2v) is 5.56. The Bertz CT molecular complexity index is 395. The molecule has 3 nitrogen and oxygen atoms in total. The highest BCUT2D eigenvalue weighted by Gasteiger charge is 2.15. The van der Waals surface area contributed by atoms with Gasteiger partial charge >= 0.3 is 5.97 Å². The lowest BCUT2D eigenvalue weighted by atomic mass is 10.2. The Labute approximate surface area is 114 Å². The van der Waals surface area contributed by atoms with Crippen LogP contribution < -0.4 is 4.74 Å². The summed E-state index contributed by atoms with van der Waals surface area (Å²) in [5.41, 5.74) is 1.09. The third-order valence-corrected chi connectivity index (χ3v) is 4.37. The molecule has 17 heavy (non-hydrogen) atoms. The third-order valence-electron chi connectivity index (χ3n) is 2.31. The van der Waals surface area contributed by atoms with E-state index in [-0.39, 0.29) is 5.25 Å². The highest BCUT2D eigenvalue weighted by atomic mass is 79.9. The van der Waals surface area contributed by atoms with Crippen LogP contribution in [0, 0.1) is 0 Å². The maximum atomic E-state index is 10.9. The van der Waals surface area contributed by atoms with Gasteiger partial charge in [0, 0.05) is 5.75 Å². The van der Waals surface area contributed by atoms with Gasteiger partial charge in [-0.3, -0.25) is 4.79 Å². The first-order valence-electron chi connectivity index (χ1n) is 5.25. The summed E-state index contributed by atoms with van der Waals surface area (Å²) in [6.07, 6.45) is 0.636. The number of rotatable bonds is 6. The molecule has 0 aromatic heterocycles. The van der Waals surface area contributed by atoms with E-state index in [1.54, 1.807) is 7.11 Å². The van der Waals surface area contributed by atoms with Crippen molar-refractivity contribution in [1.82, 2.24) is 0 Å². The van der Waals surface area contributed by atoms with Crippen molar-refractivity contribution in [2.45, 2.75) is 24.3 Å². The van der Waals surface area contributed by atoms with Gasteiger partial charge in [0.1, 0.15) is 11.0 Å². The van der Waals surface area contributed by atoms with Crippen LogP contribution in [0.25, 0.3) is 0 Å². The molecule has 94 valence electrons. The van der Waals surface area contributed by atoms with Gasteiger partial charge in [-0.05, 0) is 40.0 Å². The van der Waals surface area contributed by atoms with Crippen molar-refractivity contribution in [2.75, 3.05) is 7.11 Å². The fourth-order valence-corrected chi connectivity index (χ4v) is 2.90. The largest absolute Gasteiger partial charge is 0.496 e. The van der Waals surface area contributed by atoms with Crippen molar-refractivity contribution in [3.8, 4) is 5.75 Å². The number of methoxy groups -OCH3 is 1. The van der Waals surface area contributed by atoms with Crippen LogP contribution in [-0.4, -0.2) is 23.4 Å². The predicted octanol–water partition coefficient (Wildman–Crippen LogP) is 3.55. The first-order chi connectivity index (χ1) is 8.08. The van der Waals surface area contributed by atoms with E-state index in [1.165, 1.54) is 11.8 Å². The summed E-state index contributed by atoms with van der Waals surface area (Å²) in [6.45, 7) is 1.88. The first kappa shape index (κ1) is 14.4. The van der Waals surface area contributed by atoms with Gasteiger partial charge in [0.2, 0.25) is 0 Å². The van der Waals surface area contributed by atoms with Gasteiger partial charge in [-0.1, -0.05) is 13.0 Å². The molecule has 0 radical (unpaired) electrons. The van der Waals surface area contributed by atoms with Gasteiger partial charge in [-0.25, -0.2) is 0 Å². The van der Waals surface area contributed by atoms with E-state index in [0.29, 0.717) is 12.2 Å². The summed E-state index contributed by atoms with van der Waals surface area (Å²) in [6, 6.07) is 5.78. The minimum absolute atomic E-state index is 0.337. The number of thioether (sulfide) groups is 1. The molecule has 1 rings (SSSR count). The number of hydrogen-bond donors (Lipinski definition) is 1. The van der Waals surface area contributed by atoms with Crippen molar-refractivity contribution < 1.29 is 14.6 Å². The predicted molar refractivity (Wildman–Crippen MR) is 73.7 cm³/mol. The van der Waals surface area contributed by atoms with Crippen molar-refractivity contribution in [3.05, 3.63) is 28.2 Å². The molecule has 5 heteroatoms. The Kier molecular flexibility index (Phi) is 5.85. The van der Waals surface area contributed by atoms with Gasteiger partial charge in [-0.2, -0.15) is 0 Å². The fourth-order valence-electron chi connectivity index (χ4n) is 1.36. The minimum Gasteiger partial charge on any atom is -0.496 e. The highest BCUT2D eigenvalue weighted by molar-refractivity contribution is 9.10. The molecular weight excluding hydrogens is 304 g/mol. The Morgan fingerprint density at radius 1 is 1.59 bits per heavy atom. The van der Waals surface area contributed by atoms with E-state index in [4.69, 9.17) is 9.84 Å². The lowest BCUT2D eigenvalue weighted by Crippen LogP contribution is -2.15. The Morgan fingerprint density at radius 3 is 2.76 bits per heavy atom. The van der Waals surface area contributed by atoms with E-state index in [1.807, 2.05) is 25.1 Å². The van der Waals surface area contributed by atoms with Crippen LogP contribution in [0.2, 0.25) is 0 Å². The number of carboxylic acid groups (broad SMARTS) is 1. The van der Waals surface area contributed by atoms with Gasteiger partial charge < -0.3 is 9.84 Å². The van der Waals surface area contributed by atoms with Crippen LogP contribution in [0.4, 0.5) is 0 Å². The van der Waals surface area contributed by atoms with Crippen molar-refractivity contribution >= 4 is 33.7 Å². The SMILES string of the molecule is CCC(SCc1ccc(OC)c(Br)c1)C(=O)O. The average Bonchev–Trinajstić information content (AvgIpc) is 2.29. The molecule has 1 aromatic rings. The number of carbonyl (C=O) groups is 1. The van der Waals surface area contributed by atoms with E-state index in [9.17, 15) is 4.79 Å². The number of benzene rings is 1. The molecule has 1 aromatic carbocycles. The second kappa shape index (κ2) is 6.91. The van der Waals surface area contributed by atoms with Crippen molar-refractivity contribution in [1.29, 1.82) is 0 Å². The van der Waals surface area contributed by atoms with Gasteiger partial charge in [0.15, 0.2) is 0 Å². The Morgan fingerprint density at radius 2 is 2.29 bits per heavy atom. The van der Waals surface area contributed by atoms with Crippen molar-refractivity contribution in [2.24, 2.45) is 0 Å². The van der Waals surface area contributed by atoms with Crippen molar-refractivity contribution in [3.63, 3.8) is 0 Å². The average molecular weight is 319 g/mol.